The lowest BCUT2D eigenvalue weighted by atomic mass is 9.92. The Morgan fingerprint density at radius 1 is 1.29 bits per heavy atom. The number of hydrogen-bond acceptors (Lipinski definition) is 3. The lowest BCUT2D eigenvalue weighted by Crippen LogP contribution is -2.41. The molecule has 1 aliphatic rings. The summed E-state index contributed by atoms with van der Waals surface area (Å²) in [4.78, 5) is 2.34. The summed E-state index contributed by atoms with van der Waals surface area (Å²) in [6, 6.07) is 0. The van der Waals surface area contributed by atoms with Crippen LogP contribution in [0.15, 0.2) is 0 Å². The molecule has 0 atom stereocenters. The fourth-order valence-electron chi connectivity index (χ4n) is 1.66. The van der Waals surface area contributed by atoms with Crippen LogP contribution < -0.4 is 0 Å². The third kappa shape index (κ3) is 3.56. The Bertz CT molecular complexity index is 165. The van der Waals surface area contributed by atoms with Gasteiger partial charge in [-0.25, -0.2) is 0 Å². The average molecular weight is 201 g/mol. The van der Waals surface area contributed by atoms with Gasteiger partial charge in [-0.15, -0.1) is 0 Å². The van der Waals surface area contributed by atoms with Crippen molar-refractivity contribution in [3.8, 4) is 0 Å². The molecule has 0 aromatic carbocycles. The van der Waals surface area contributed by atoms with E-state index in [0.29, 0.717) is 0 Å². The fraction of sp³-hybridized carbons (Fsp3) is 1.00. The highest BCUT2D eigenvalue weighted by Crippen LogP contribution is 2.30. The maximum atomic E-state index is 9.19. The highest BCUT2D eigenvalue weighted by molar-refractivity contribution is 4.81. The lowest BCUT2D eigenvalue weighted by molar-refractivity contribution is 0.0352. The summed E-state index contributed by atoms with van der Waals surface area (Å²) < 4.78 is 0. The van der Waals surface area contributed by atoms with Crippen molar-refractivity contribution in [1.82, 2.24) is 4.90 Å². The van der Waals surface area contributed by atoms with E-state index in [9.17, 15) is 10.2 Å². The Hall–Kier alpha value is -0.120. The Kier molecular flexibility index (Phi) is 4.35. The van der Waals surface area contributed by atoms with E-state index in [2.05, 4.69) is 11.8 Å². The Morgan fingerprint density at radius 3 is 2.21 bits per heavy atom. The molecule has 1 saturated carbocycles. The second-order valence-corrected chi connectivity index (χ2v) is 4.90. The number of aliphatic hydroxyl groups is 2. The number of nitrogens with zero attached hydrogens (tertiary/aromatic N) is 1. The zero-order valence-electron chi connectivity index (χ0n) is 9.37. The van der Waals surface area contributed by atoms with Crippen molar-refractivity contribution in [3.05, 3.63) is 0 Å². The van der Waals surface area contributed by atoms with Crippen LogP contribution in [0.25, 0.3) is 0 Å². The molecule has 14 heavy (non-hydrogen) atoms. The van der Waals surface area contributed by atoms with Crippen molar-refractivity contribution in [2.24, 2.45) is 11.3 Å². The Labute approximate surface area is 86.7 Å². The molecule has 0 bridgehead atoms. The van der Waals surface area contributed by atoms with Gasteiger partial charge < -0.3 is 15.1 Å². The van der Waals surface area contributed by atoms with E-state index in [1.54, 1.807) is 0 Å². The summed E-state index contributed by atoms with van der Waals surface area (Å²) in [5.74, 6) is 0.872. The van der Waals surface area contributed by atoms with Gasteiger partial charge in [0.25, 0.3) is 0 Å². The van der Waals surface area contributed by atoms with Gasteiger partial charge in [0.2, 0.25) is 0 Å². The average Bonchev–Trinajstić information content (AvgIpc) is 3.00. The van der Waals surface area contributed by atoms with E-state index in [1.807, 2.05) is 6.92 Å². The third-order valence-corrected chi connectivity index (χ3v) is 3.03. The second-order valence-electron chi connectivity index (χ2n) is 4.90. The summed E-state index contributed by atoms with van der Waals surface area (Å²) in [7, 11) is 0. The van der Waals surface area contributed by atoms with Crippen LogP contribution in [-0.2, 0) is 0 Å². The van der Waals surface area contributed by atoms with E-state index in [0.717, 1.165) is 25.6 Å². The van der Waals surface area contributed by atoms with Crippen LogP contribution in [0.3, 0.4) is 0 Å². The molecule has 2 N–H and O–H groups in total. The van der Waals surface area contributed by atoms with Crippen molar-refractivity contribution in [2.45, 2.75) is 26.7 Å². The van der Waals surface area contributed by atoms with Crippen molar-refractivity contribution in [3.63, 3.8) is 0 Å². The van der Waals surface area contributed by atoms with Crippen LogP contribution in [0.2, 0.25) is 0 Å². The molecule has 84 valence electrons. The Morgan fingerprint density at radius 2 is 1.86 bits per heavy atom. The molecule has 3 heteroatoms. The first kappa shape index (κ1) is 12.0. The first-order valence-corrected chi connectivity index (χ1v) is 5.57. The van der Waals surface area contributed by atoms with Gasteiger partial charge in [-0.2, -0.15) is 0 Å². The minimum Gasteiger partial charge on any atom is -0.396 e. The first-order valence-electron chi connectivity index (χ1n) is 5.57. The van der Waals surface area contributed by atoms with Crippen LogP contribution in [0.5, 0.6) is 0 Å². The SMILES string of the molecule is CCN(CC1CC1)CC(C)(CO)CO. The molecular formula is C11H23NO2. The molecule has 0 saturated heterocycles. The van der Waals surface area contributed by atoms with Crippen molar-refractivity contribution in [1.29, 1.82) is 0 Å². The van der Waals surface area contributed by atoms with Crippen LogP contribution >= 0.6 is 0 Å². The monoisotopic (exact) mass is 201 g/mol. The minimum atomic E-state index is -0.342. The third-order valence-electron chi connectivity index (χ3n) is 3.03. The van der Waals surface area contributed by atoms with Gasteiger partial charge in [0.15, 0.2) is 0 Å². The quantitative estimate of drug-likeness (QED) is 0.637. The van der Waals surface area contributed by atoms with Crippen molar-refractivity contribution >= 4 is 0 Å². The highest BCUT2D eigenvalue weighted by atomic mass is 16.3. The van der Waals surface area contributed by atoms with Gasteiger partial charge in [-0.1, -0.05) is 13.8 Å². The van der Waals surface area contributed by atoms with Gasteiger partial charge in [0, 0.05) is 18.5 Å². The van der Waals surface area contributed by atoms with Crippen LogP contribution in [0, 0.1) is 11.3 Å². The van der Waals surface area contributed by atoms with E-state index in [-0.39, 0.29) is 18.6 Å². The van der Waals surface area contributed by atoms with E-state index in [1.165, 1.54) is 12.8 Å². The van der Waals surface area contributed by atoms with Crippen LogP contribution in [0.1, 0.15) is 26.7 Å². The molecule has 1 aliphatic carbocycles. The van der Waals surface area contributed by atoms with Gasteiger partial charge in [0.05, 0.1) is 13.2 Å². The van der Waals surface area contributed by atoms with Crippen LogP contribution in [0.4, 0.5) is 0 Å². The molecule has 3 nitrogen and oxygen atoms in total. The summed E-state index contributed by atoms with van der Waals surface area (Å²) in [6.07, 6.45) is 2.71. The molecule has 1 rings (SSSR count). The van der Waals surface area contributed by atoms with Crippen LogP contribution in [-0.4, -0.2) is 48.0 Å². The predicted molar refractivity (Wildman–Crippen MR) is 57.1 cm³/mol. The van der Waals surface area contributed by atoms with E-state index >= 15 is 0 Å². The fourth-order valence-corrected chi connectivity index (χ4v) is 1.66. The van der Waals surface area contributed by atoms with Gasteiger partial charge in [-0.05, 0) is 25.3 Å². The van der Waals surface area contributed by atoms with Gasteiger partial charge in [0.1, 0.15) is 0 Å². The summed E-state index contributed by atoms with van der Waals surface area (Å²) in [6.45, 7) is 7.13. The number of aliphatic hydroxyl groups excluding tert-OH is 2. The predicted octanol–water partition coefficient (Wildman–Crippen LogP) is 0.709. The van der Waals surface area contributed by atoms with Crippen molar-refractivity contribution < 1.29 is 10.2 Å². The van der Waals surface area contributed by atoms with Gasteiger partial charge >= 0.3 is 0 Å². The molecule has 0 aromatic rings. The highest BCUT2D eigenvalue weighted by Gasteiger charge is 2.29. The smallest absolute Gasteiger partial charge is 0.0519 e. The zero-order chi connectivity index (χ0) is 10.6. The van der Waals surface area contributed by atoms with Gasteiger partial charge in [-0.3, -0.25) is 0 Å². The van der Waals surface area contributed by atoms with E-state index in [4.69, 9.17) is 0 Å². The summed E-state index contributed by atoms with van der Waals surface area (Å²) in [5.41, 5.74) is -0.342. The normalized spacial score (nSPS) is 17.8. The standard InChI is InChI=1S/C11H23NO2/c1-3-12(6-10-4-5-10)7-11(2,8-13)9-14/h10,13-14H,3-9H2,1-2H3. The molecule has 0 aromatic heterocycles. The molecule has 0 aliphatic heterocycles. The molecule has 0 spiro atoms. The zero-order valence-corrected chi connectivity index (χ0v) is 9.37. The number of hydrogen-bond donors (Lipinski definition) is 2. The molecule has 0 radical (unpaired) electrons. The number of rotatable bonds is 7. The molecular weight excluding hydrogens is 178 g/mol. The lowest BCUT2D eigenvalue weighted by Gasteiger charge is -2.32. The first-order chi connectivity index (χ1) is 6.63. The van der Waals surface area contributed by atoms with Crippen molar-refractivity contribution in [2.75, 3.05) is 32.8 Å². The minimum absolute atomic E-state index is 0.0602. The molecule has 0 heterocycles. The Balaban J connectivity index is 2.35. The molecule has 1 fully saturated rings. The summed E-state index contributed by atoms with van der Waals surface area (Å²) >= 11 is 0. The second kappa shape index (κ2) is 5.10. The topological polar surface area (TPSA) is 43.7 Å². The largest absolute Gasteiger partial charge is 0.396 e. The maximum Gasteiger partial charge on any atom is 0.0519 e. The van der Waals surface area contributed by atoms with E-state index < -0.39 is 0 Å². The molecule has 0 unspecified atom stereocenters. The summed E-state index contributed by atoms with van der Waals surface area (Å²) in [5, 5.41) is 18.4. The molecule has 0 amide bonds. The maximum absolute atomic E-state index is 9.19.